The molecule has 2 amide bonds. The van der Waals surface area contributed by atoms with E-state index in [2.05, 4.69) is 10.6 Å². The fourth-order valence-electron chi connectivity index (χ4n) is 3.96. The van der Waals surface area contributed by atoms with Crippen molar-refractivity contribution >= 4 is 23.7 Å². The number of halogens is 1. The van der Waals surface area contributed by atoms with Gasteiger partial charge in [-0.1, -0.05) is 55.5 Å². The summed E-state index contributed by atoms with van der Waals surface area (Å²) in [6.07, 6.45) is -0.742. The van der Waals surface area contributed by atoms with Gasteiger partial charge < -0.3 is 15.2 Å². The van der Waals surface area contributed by atoms with Crippen LogP contribution in [0.15, 0.2) is 66.7 Å². The second-order valence-electron chi connectivity index (χ2n) is 8.09. The Morgan fingerprint density at radius 1 is 1.00 bits per heavy atom. The number of carbonyl (C=O) groups excluding carboxylic acids is 2. The lowest BCUT2D eigenvalue weighted by Gasteiger charge is -2.15. The second kappa shape index (κ2) is 9.74. The number of hydrogen-bond donors (Lipinski definition) is 3. The summed E-state index contributed by atoms with van der Waals surface area (Å²) in [6.45, 7) is 1.42. The Hall–Kier alpha value is -4.20. The molecule has 0 radical (unpaired) electrons. The molecule has 0 saturated heterocycles. The van der Waals surface area contributed by atoms with Crippen LogP contribution in [-0.2, 0) is 9.53 Å². The molecular formula is C26H23FN2O5. The van der Waals surface area contributed by atoms with Crippen LogP contribution < -0.4 is 10.6 Å². The molecule has 34 heavy (non-hydrogen) atoms. The van der Waals surface area contributed by atoms with Crippen LogP contribution in [0.1, 0.15) is 34.3 Å². The van der Waals surface area contributed by atoms with Crippen molar-refractivity contribution in [1.82, 2.24) is 5.32 Å². The van der Waals surface area contributed by atoms with Crippen molar-refractivity contribution < 1.29 is 28.6 Å². The average molecular weight is 462 g/mol. The fourth-order valence-corrected chi connectivity index (χ4v) is 3.96. The number of amides is 2. The van der Waals surface area contributed by atoms with E-state index in [9.17, 15) is 18.8 Å². The molecule has 1 aliphatic rings. The molecule has 0 saturated carbocycles. The molecule has 0 bridgehead atoms. The summed E-state index contributed by atoms with van der Waals surface area (Å²) in [5.74, 6) is -3.56. The van der Waals surface area contributed by atoms with Gasteiger partial charge in [-0.3, -0.25) is 14.9 Å². The number of rotatable bonds is 7. The molecule has 1 unspecified atom stereocenters. The quantitative estimate of drug-likeness (QED) is 0.475. The number of carboxylic acids is 1. The summed E-state index contributed by atoms with van der Waals surface area (Å²) in [4.78, 5) is 35.3. The van der Waals surface area contributed by atoms with Crippen LogP contribution in [-0.4, -0.2) is 36.2 Å². The van der Waals surface area contributed by atoms with Crippen molar-refractivity contribution in [2.45, 2.75) is 12.8 Å². The molecule has 0 aliphatic heterocycles. The Labute approximate surface area is 195 Å². The third-order valence-corrected chi connectivity index (χ3v) is 5.79. The maximum atomic E-state index is 14.4. The van der Waals surface area contributed by atoms with Gasteiger partial charge in [0.25, 0.3) is 5.91 Å². The molecule has 0 heterocycles. The predicted octanol–water partition coefficient (Wildman–Crippen LogP) is 4.64. The normalized spacial score (nSPS) is 12.9. The lowest BCUT2D eigenvalue weighted by Crippen LogP contribution is -2.32. The molecule has 1 atom stereocenters. The van der Waals surface area contributed by atoms with Crippen LogP contribution in [0, 0.1) is 11.7 Å². The highest BCUT2D eigenvalue weighted by Gasteiger charge is 2.29. The molecule has 3 N–H and O–H groups in total. The van der Waals surface area contributed by atoms with E-state index in [0.29, 0.717) is 0 Å². The van der Waals surface area contributed by atoms with Crippen molar-refractivity contribution in [3.63, 3.8) is 0 Å². The summed E-state index contributed by atoms with van der Waals surface area (Å²) < 4.78 is 19.9. The Bertz CT molecular complexity index is 1210. The number of nitrogens with one attached hydrogen (secondary N) is 2. The largest absolute Gasteiger partial charge is 0.481 e. The highest BCUT2D eigenvalue weighted by molar-refractivity contribution is 5.95. The molecule has 1 aliphatic carbocycles. The number of hydrogen-bond acceptors (Lipinski definition) is 4. The predicted molar refractivity (Wildman–Crippen MR) is 124 cm³/mol. The van der Waals surface area contributed by atoms with Gasteiger partial charge in [-0.15, -0.1) is 0 Å². The number of carbonyl (C=O) groups is 3. The van der Waals surface area contributed by atoms with E-state index in [1.807, 2.05) is 48.5 Å². The fraction of sp³-hybridized carbons (Fsp3) is 0.192. The zero-order chi connectivity index (χ0) is 24.2. The minimum atomic E-state index is -1.07. The van der Waals surface area contributed by atoms with E-state index in [-0.39, 0.29) is 30.3 Å². The SMILES string of the molecule is CC(CNC(=O)c1ccc(NC(=O)OCC2c3ccccc3-c3ccccc32)cc1F)C(=O)O. The first kappa shape index (κ1) is 23.0. The number of benzene rings is 3. The first-order valence-corrected chi connectivity index (χ1v) is 10.8. The molecule has 0 spiro atoms. The average Bonchev–Trinajstić information content (AvgIpc) is 3.14. The standard InChI is InChI=1S/C26H23FN2O5/c1-15(25(31)32)13-28-24(30)21-11-10-16(12-23(21)27)29-26(33)34-14-22-19-8-4-2-6-17(19)18-7-3-5-9-20(18)22/h2-12,15,22H,13-14H2,1H3,(H,28,30)(H,29,33)(H,31,32). The zero-order valence-electron chi connectivity index (χ0n) is 18.4. The van der Waals surface area contributed by atoms with Gasteiger partial charge in [0.2, 0.25) is 0 Å². The van der Waals surface area contributed by atoms with Gasteiger partial charge in [0.15, 0.2) is 0 Å². The van der Waals surface area contributed by atoms with Crippen LogP contribution in [0.2, 0.25) is 0 Å². The Morgan fingerprint density at radius 2 is 1.62 bits per heavy atom. The van der Waals surface area contributed by atoms with Gasteiger partial charge in [0, 0.05) is 18.2 Å². The molecule has 0 aromatic heterocycles. The van der Waals surface area contributed by atoms with Crippen molar-refractivity contribution in [1.29, 1.82) is 0 Å². The van der Waals surface area contributed by atoms with Gasteiger partial charge in [-0.25, -0.2) is 9.18 Å². The number of fused-ring (bicyclic) bond motifs is 3. The number of ether oxygens (including phenoxy) is 1. The molecule has 4 rings (SSSR count). The van der Waals surface area contributed by atoms with Gasteiger partial charge in [-0.05, 0) is 40.5 Å². The maximum absolute atomic E-state index is 14.4. The maximum Gasteiger partial charge on any atom is 0.411 e. The monoisotopic (exact) mass is 462 g/mol. The van der Waals surface area contributed by atoms with E-state index in [0.717, 1.165) is 28.3 Å². The van der Waals surface area contributed by atoms with Gasteiger partial charge >= 0.3 is 12.1 Å². The number of anilines is 1. The van der Waals surface area contributed by atoms with E-state index >= 15 is 0 Å². The Balaban J connectivity index is 1.37. The van der Waals surface area contributed by atoms with Crippen molar-refractivity contribution in [2.24, 2.45) is 5.92 Å². The summed E-state index contributed by atoms with van der Waals surface area (Å²) in [5.41, 5.74) is 4.26. The van der Waals surface area contributed by atoms with Crippen molar-refractivity contribution in [3.8, 4) is 11.1 Å². The lowest BCUT2D eigenvalue weighted by molar-refractivity contribution is -0.140. The summed E-state index contributed by atoms with van der Waals surface area (Å²) >= 11 is 0. The van der Waals surface area contributed by atoms with Crippen molar-refractivity contribution in [3.05, 3.63) is 89.2 Å². The van der Waals surface area contributed by atoms with E-state index in [4.69, 9.17) is 9.84 Å². The van der Waals surface area contributed by atoms with Gasteiger partial charge in [0.05, 0.1) is 11.5 Å². The summed E-state index contributed by atoms with van der Waals surface area (Å²) in [6, 6.07) is 19.5. The van der Waals surface area contributed by atoms with E-state index in [1.54, 1.807) is 0 Å². The van der Waals surface area contributed by atoms with Crippen LogP contribution in [0.3, 0.4) is 0 Å². The number of aliphatic carboxylic acids is 1. The summed E-state index contributed by atoms with van der Waals surface area (Å²) in [5, 5.41) is 13.7. The molecule has 3 aromatic carbocycles. The topological polar surface area (TPSA) is 105 Å². The van der Waals surface area contributed by atoms with Crippen LogP contribution in [0.25, 0.3) is 11.1 Å². The van der Waals surface area contributed by atoms with Gasteiger partial charge in [0.1, 0.15) is 12.4 Å². The smallest absolute Gasteiger partial charge is 0.411 e. The van der Waals surface area contributed by atoms with E-state index < -0.39 is 29.7 Å². The first-order valence-electron chi connectivity index (χ1n) is 10.8. The molecular weight excluding hydrogens is 439 g/mol. The first-order chi connectivity index (χ1) is 16.3. The Morgan fingerprint density at radius 3 is 2.21 bits per heavy atom. The van der Waals surface area contributed by atoms with Crippen molar-refractivity contribution in [2.75, 3.05) is 18.5 Å². The second-order valence-corrected chi connectivity index (χ2v) is 8.09. The van der Waals surface area contributed by atoms with Crippen LogP contribution in [0.4, 0.5) is 14.9 Å². The highest BCUT2D eigenvalue weighted by atomic mass is 19.1. The van der Waals surface area contributed by atoms with Gasteiger partial charge in [-0.2, -0.15) is 0 Å². The lowest BCUT2D eigenvalue weighted by atomic mass is 9.98. The molecule has 174 valence electrons. The molecule has 3 aromatic rings. The molecule has 8 heteroatoms. The third-order valence-electron chi connectivity index (χ3n) is 5.79. The minimum absolute atomic E-state index is 0.103. The third kappa shape index (κ3) is 4.76. The van der Waals surface area contributed by atoms with E-state index in [1.165, 1.54) is 19.1 Å². The summed E-state index contributed by atoms with van der Waals surface area (Å²) in [7, 11) is 0. The van der Waals surface area contributed by atoms with Crippen LogP contribution in [0.5, 0.6) is 0 Å². The Kier molecular flexibility index (Phi) is 6.58. The molecule has 7 nitrogen and oxygen atoms in total. The molecule has 0 fully saturated rings. The number of carboxylic acid groups (broad SMARTS) is 1. The minimum Gasteiger partial charge on any atom is -0.481 e. The highest BCUT2D eigenvalue weighted by Crippen LogP contribution is 2.44. The zero-order valence-corrected chi connectivity index (χ0v) is 18.4. The van der Waals surface area contributed by atoms with Crippen LogP contribution >= 0.6 is 0 Å².